The second-order valence-corrected chi connectivity index (χ2v) is 11.8. The Morgan fingerprint density at radius 3 is 2.67 bits per heavy atom. The summed E-state index contributed by atoms with van der Waals surface area (Å²) >= 11 is 0. The number of fused-ring (bicyclic) bond motifs is 5. The summed E-state index contributed by atoms with van der Waals surface area (Å²) in [6, 6.07) is 2.34. The highest BCUT2D eigenvalue weighted by Gasteiger charge is 2.60. The number of hydrogen-bond acceptors (Lipinski definition) is 3. The van der Waals surface area contributed by atoms with Gasteiger partial charge in [0.15, 0.2) is 5.79 Å². The highest BCUT2D eigenvalue weighted by Crippen LogP contribution is 2.68. The van der Waals surface area contributed by atoms with Crippen molar-refractivity contribution in [2.45, 2.75) is 97.2 Å². The van der Waals surface area contributed by atoms with Crippen molar-refractivity contribution >= 4 is 0 Å². The van der Waals surface area contributed by atoms with Gasteiger partial charge in [-0.25, -0.2) is 0 Å². The van der Waals surface area contributed by atoms with Crippen LogP contribution in [0.15, 0.2) is 11.6 Å². The van der Waals surface area contributed by atoms with Crippen molar-refractivity contribution in [2.75, 3.05) is 13.2 Å². The van der Waals surface area contributed by atoms with Crippen molar-refractivity contribution < 1.29 is 9.47 Å². The van der Waals surface area contributed by atoms with Crippen LogP contribution < -0.4 is 0 Å². The maximum absolute atomic E-state index is 8.93. The van der Waals surface area contributed by atoms with E-state index in [1.807, 2.05) is 0 Å². The fourth-order valence-corrected chi connectivity index (χ4v) is 9.03. The van der Waals surface area contributed by atoms with Gasteiger partial charge in [-0.2, -0.15) is 5.26 Å². The first-order chi connectivity index (χ1) is 14.4. The summed E-state index contributed by atoms with van der Waals surface area (Å²) in [5, 5.41) is 8.93. The summed E-state index contributed by atoms with van der Waals surface area (Å²) in [7, 11) is 0. The maximum Gasteiger partial charge on any atom is 0.172 e. The molecule has 166 valence electrons. The van der Waals surface area contributed by atoms with Crippen LogP contribution in [0.2, 0.25) is 0 Å². The molecule has 3 nitrogen and oxygen atoms in total. The zero-order valence-corrected chi connectivity index (χ0v) is 19.4. The highest BCUT2D eigenvalue weighted by molar-refractivity contribution is 5.26. The molecule has 0 N–H and O–H groups in total. The molecule has 0 radical (unpaired) electrons. The first kappa shape index (κ1) is 21.0. The van der Waals surface area contributed by atoms with Crippen LogP contribution in [0.3, 0.4) is 0 Å². The number of nitrogens with zero attached hydrogens (tertiary/aromatic N) is 1. The molecule has 5 rings (SSSR count). The van der Waals surface area contributed by atoms with Crippen LogP contribution in [-0.4, -0.2) is 19.0 Å². The molecule has 0 aromatic carbocycles. The zero-order valence-electron chi connectivity index (χ0n) is 19.4. The van der Waals surface area contributed by atoms with E-state index < -0.39 is 0 Å². The molecule has 7 atom stereocenters. The third-order valence-corrected chi connectivity index (χ3v) is 10.6. The molecule has 0 unspecified atom stereocenters. The van der Waals surface area contributed by atoms with Gasteiger partial charge in [-0.05, 0) is 91.8 Å². The molecule has 1 spiro atoms. The van der Waals surface area contributed by atoms with Crippen molar-refractivity contribution in [1.29, 1.82) is 5.26 Å². The molecule has 0 aromatic rings. The maximum atomic E-state index is 8.93. The summed E-state index contributed by atoms with van der Waals surface area (Å²) in [6.07, 6.45) is 15.9. The van der Waals surface area contributed by atoms with E-state index in [1.165, 1.54) is 44.9 Å². The van der Waals surface area contributed by atoms with Gasteiger partial charge in [0.2, 0.25) is 0 Å². The van der Waals surface area contributed by atoms with E-state index in [1.54, 1.807) is 5.57 Å². The van der Waals surface area contributed by atoms with Crippen molar-refractivity contribution in [3.63, 3.8) is 0 Å². The van der Waals surface area contributed by atoms with Gasteiger partial charge in [-0.1, -0.05) is 32.4 Å². The topological polar surface area (TPSA) is 42.2 Å². The molecule has 1 saturated heterocycles. The number of rotatable bonds is 4. The second-order valence-electron chi connectivity index (χ2n) is 11.8. The summed E-state index contributed by atoms with van der Waals surface area (Å²) in [6.45, 7) is 9.24. The van der Waals surface area contributed by atoms with Crippen LogP contribution in [0.4, 0.5) is 0 Å². The lowest BCUT2D eigenvalue weighted by Gasteiger charge is -2.59. The monoisotopic (exact) mass is 411 g/mol. The largest absolute Gasteiger partial charge is 0.347 e. The summed E-state index contributed by atoms with van der Waals surface area (Å²) in [5.74, 6) is 3.94. The number of ether oxygens (including phenoxy) is 2. The van der Waals surface area contributed by atoms with Crippen LogP contribution >= 0.6 is 0 Å². The summed E-state index contributed by atoms with van der Waals surface area (Å²) < 4.78 is 12.2. The summed E-state index contributed by atoms with van der Waals surface area (Å²) in [4.78, 5) is 0. The Hall–Kier alpha value is -0.850. The molecule has 3 heteroatoms. The quantitative estimate of drug-likeness (QED) is 0.385. The Labute approximate surface area is 183 Å². The number of nitriles is 1. The van der Waals surface area contributed by atoms with Crippen LogP contribution in [0.25, 0.3) is 0 Å². The van der Waals surface area contributed by atoms with Gasteiger partial charge >= 0.3 is 0 Å². The fourth-order valence-electron chi connectivity index (χ4n) is 9.03. The van der Waals surface area contributed by atoms with Crippen LogP contribution in [0, 0.1) is 51.8 Å². The third-order valence-electron chi connectivity index (χ3n) is 10.6. The molecule has 4 fully saturated rings. The predicted molar refractivity (Wildman–Crippen MR) is 118 cm³/mol. The van der Waals surface area contributed by atoms with Crippen LogP contribution in [-0.2, 0) is 9.47 Å². The molecular weight excluding hydrogens is 370 g/mol. The molecule has 1 aliphatic heterocycles. The zero-order chi connectivity index (χ0) is 21.0. The Balaban J connectivity index is 1.34. The molecule has 0 aromatic heterocycles. The van der Waals surface area contributed by atoms with Crippen molar-refractivity contribution in [3.05, 3.63) is 11.6 Å². The average molecular weight is 412 g/mol. The number of allylic oxidation sites excluding steroid dienone is 1. The first-order valence-corrected chi connectivity index (χ1v) is 12.8. The predicted octanol–water partition coefficient (Wildman–Crippen LogP) is 6.64. The van der Waals surface area contributed by atoms with Gasteiger partial charge in [0.1, 0.15) is 0 Å². The minimum atomic E-state index is -0.293. The van der Waals surface area contributed by atoms with E-state index in [9.17, 15) is 0 Å². The lowest BCUT2D eigenvalue weighted by molar-refractivity contribution is -0.185. The second kappa shape index (κ2) is 7.63. The molecule has 4 aliphatic carbocycles. The highest BCUT2D eigenvalue weighted by atomic mass is 16.7. The Morgan fingerprint density at radius 2 is 1.90 bits per heavy atom. The van der Waals surface area contributed by atoms with Gasteiger partial charge in [-0.3, -0.25) is 0 Å². The van der Waals surface area contributed by atoms with Gasteiger partial charge < -0.3 is 9.47 Å². The number of unbranched alkanes of at least 4 members (excludes halogenated alkanes) is 1. The van der Waals surface area contributed by atoms with Crippen molar-refractivity contribution in [3.8, 4) is 6.07 Å². The lowest BCUT2D eigenvalue weighted by Crippen LogP contribution is -2.52. The minimum absolute atomic E-state index is 0.293. The molecule has 0 amide bonds. The smallest absolute Gasteiger partial charge is 0.172 e. The minimum Gasteiger partial charge on any atom is -0.347 e. The normalized spacial score (nSPS) is 45.2. The fraction of sp³-hybridized carbons (Fsp3) is 0.889. The Bertz CT molecular complexity index is 732. The van der Waals surface area contributed by atoms with E-state index in [-0.39, 0.29) is 5.79 Å². The number of hydrogen-bond donors (Lipinski definition) is 0. The van der Waals surface area contributed by atoms with Gasteiger partial charge in [-0.15, -0.1) is 0 Å². The van der Waals surface area contributed by atoms with E-state index in [0.29, 0.717) is 10.8 Å². The van der Waals surface area contributed by atoms with Crippen LogP contribution in [0.5, 0.6) is 0 Å². The van der Waals surface area contributed by atoms with E-state index in [0.717, 1.165) is 68.5 Å². The Morgan fingerprint density at radius 1 is 1.10 bits per heavy atom. The summed E-state index contributed by atoms with van der Waals surface area (Å²) in [5.41, 5.74) is 2.53. The molecule has 3 saturated carbocycles. The molecular formula is C27H41NO2. The van der Waals surface area contributed by atoms with E-state index >= 15 is 0 Å². The van der Waals surface area contributed by atoms with Gasteiger partial charge in [0.05, 0.1) is 19.3 Å². The van der Waals surface area contributed by atoms with E-state index in [4.69, 9.17) is 14.7 Å². The SMILES string of the molecule is C[C@H](CCCC#N)[C@H]1CC[C@H]2[C@@H]3CC=C4CC5(CC[C@]4(C)[C@H]3CC[C@]12C)OCCO5. The van der Waals surface area contributed by atoms with E-state index in [2.05, 4.69) is 32.9 Å². The molecule has 30 heavy (non-hydrogen) atoms. The van der Waals surface area contributed by atoms with Gasteiger partial charge in [0.25, 0.3) is 0 Å². The Kier molecular flexibility index (Phi) is 5.35. The molecule has 5 aliphatic rings. The lowest BCUT2D eigenvalue weighted by atomic mass is 9.46. The molecule has 0 bridgehead atoms. The van der Waals surface area contributed by atoms with Crippen molar-refractivity contribution in [1.82, 2.24) is 0 Å². The third kappa shape index (κ3) is 3.12. The average Bonchev–Trinajstić information content (AvgIpc) is 3.33. The van der Waals surface area contributed by atoms with Crippen LogP contribution in [0.1, 0.15) is 91.4 Å². The van der Waals surface area contributed by atoms with Gasteiger partial charge in [0, 0.05) is 19.3 Å². The first-order valence-electron chi connectivity index (χ1n) is 12.8. The standard InChI is InChI=1S/C27H41NO2/c1-19(6-4-5-15-28)22-9-10-23-21-8-7-20-18-27(29-16-17-30-27)14-13-25(20,2)24(21)11-12-26(22,23)3/h7,19,21-24H,4-6,8-14,16-18H2,1-3H3/t19-,21+,22-,23+,24+,25+,26-/m1/s1. The van der Waals surface area contributed by atoms with Crippen molar-refractivity contribution in [2.24, 2.45) is 40.4 Å². The molecule has 1 heterocycles.